The predicted molar refractivity (Wildman–Crippen MR) is 244 cm³/mol. The first kappa shape index (κ1) is 47.5. The molecule has 0 spiro atoms. The smallest absolute Gasteiger partial charge is 0.351 e. The quantitative estimate of drug-likeness (QED) is 0.0328. The number of ether oxygens (including phenoxy) is 5. The molecule has 0 bridgehead atoms. The molecule has 1 aliphatic heterocycles. The number of hydrogen-bond donors (Lipinski definition) is 1. The van der Waals surface area contributed by atoms with Crippen molar-refractivity contribution in [3.05, 3.63) is 154 Å². The Balaban J connectivity index is 1.46. The minimum absolute atomic E-state index is 0.0458. The van der Waals surface area contributed by atoms with Crippen LogP contribution in [0, 0.1) is 23.7 Å². The lowest BCUT2D eigenvalue weighted by Crippen LogP contribution is -2.43. The number of hydrogen-bond acceptors (Lipinski definition) is 12. The van der Waals surface area contributed by atoms with Gasteiger partial charge >= 0.3 is 5.69 Å². The van der Waals surface area contributed by atoms with E-state index in [1.54, 1.807) is 44.6 Å². The summed E-state index contributed by atoms with van der Waals surface area (Å²) in [5, 5.41) is 12.2. The van der Waals surface area contributed by atoms with E-state index in [1.165, 1.54) is 16.8 Å². The summed E-state index contributed by atoms with van der Waals surface area (Å²) < 4.78 is 48.4. The van der Waals surface area contributed by atoms with Crippen LogP contribution in [-0.2, 0) is 28.9 Å². The molecule has 0 radical (unpaired) electrons. The Morgan fingerprint density at radius 1 is 0.875 bits per heavy atom. The van der Waals surface area contributed by atoms with Crippen LogP contribution in [0.4, 0.5) is 5.82 Å². The minimum atomic E-state index is -1.89. The zero-order valence-corrected chi connectivity index (χ0v) is 37.7. The third kappa shape index (κ3) is 11.0. The fourth-order valence-electron chi connectivity index (χ4n) is 7.66. The number of nitrogens with zero attached hydrogens (tertiary/aromatic N) is 4. The van der Waals surface area contributed by atoms with Gasteiger partial charge in [0.15, 0.2) is 6.23 Å². The third-order valence-electron chi connectivity index (χ3n) is 10.5. The summed E-state index contributed by atoms with van der Waals surface area (Å²) in [6, 6.07) is 37.3. The summed E-state index contributed by atoms with van der Waals surface area (Å²) in [6.45, 7) is 7.97. The molecule has 5 aromatic rings. The summed E-state index contributed by atoms with van der Waals surface area (Å²) in [5.74, 6) is 3.53. The van der Waals surface area contributed by atoms with Gasteiger partial charge in [0, 0.05) is 23.8 Å². The predicted octanol–water partition coefficient (Wildman–Crippen LogP) is 8.10. The lowest BCUT2D eigenvalue weighted by molar-refractivity contribution is -0.102. The summed E-state index contributed by atoms with van der Waals surface area (Å²) in [5.41, 5.74) is 0.848. The largest absolute Gasteiger partial charge is 0.497 e. The van der Waals surface area contributed by atoms with Crippen LogP contribution in [0.1, 0.15) is 67.4 Å². The molecule has 1 N–H and O–H groups in total. The highest BCUT2D eigenvalue weighted by Gasteiger charge is 2.51. The first-order chi connectivity index (χ1) is 31.0. The lowest BCUT2D eigenvalue weighted by atomic mass is 9.80. The molecule has 1 aromatic heterocycles. The molecule has 15 heteroatoms. The van der Waals surface area contributed by atoms with E-state index in [4.69, 9.17) is 39.2 Å². The van der Waals surface area contributed by atoms with Gasteiger partial charge in [-0.1, -0.05) is 78.7 Å². The third-order valence-corrected chi connectivity index (χ3v) is 12.7. The van der Waals surface area contributed by atoms with E-state index < -0.39 is 50.3 Å². The Hall–Kier alpha value is -5.93. The van der Waals surface area contributed by atoms with Gasteiger partial charge in [-0.2, -0.15) is 10.2 Å². The maximum Gasteiger partial charge on any atom is 0.351 e. The molecule has 0 aliphatic carbocycles. The molecular formula is C49H54N5O9P. The van der Waals surface area contributed by atoms with Crippen molar-refractivity contribution in [3.63, 3.8) is 0 Å². The van der Waals surface area contributed by atoms with Crippen molar-refractivity contribution in [1.82, 2.24) is 14.2 Å². The van der Waals surface area contributed by atoms with Crippen molar-refractivity contribution in [1.29, 1.82) is 5.26 Å². The Morgan fingerprint density at radius 3 is 1.98 bits per heavy atom. The molecule has 64 heavy (non-hydrogen) atoms. The Morgan fingerprint density at radius 2 is 1.45 bits per heavy atom. The van der Waals surface area contributed by atoms with Crippen molar-refractivity contribution in [3.8, 4) is 29.9 Å². The maximum absolute atomic E-state index is 14.1. The minimum Gasteiger partial charge on any atom is -0.497 e. The van der Waals surface area contributed by atoms with Gasteiger partial charge in [0.1, 0.15) is 47.8 Å². The monoisotopic (exact) mass is 887 g/mol. The van der Waals surface area contributed by atoms with Crippen LogP contribution in [0.25, 0.3) is 0 Å². The number of aromatic nitrogens is 2. The van der Waals surface area contributed by atoms with Gasteiger partial charge in [0.2, 0.25) is 0 Å². The van der Waals surface area contributed by atoms with Crippen LogP contribution < -0.4 is 20.5 Å². The number of carbonyl (C=O) groups is 1. The highest BCUT2D eigenvalue weighted by atomic mass is 31.2. The molecular weight excluding hydrogens is 834 g/mol. The summed E-state index contributed by atoms with van der Waals surface area (Å²) in [4.78, 5) is 31.4. The number of amides is 1. The summed E-state index contributed by atoms with van der Waals surface area (Å²) in [6.07, 6.45) is 3.41. The number of nitriles is 1. The van der Waals surface area contributed by atoms with Crippen LogP contribution in [-0.4, -0.2) is 84.6 Å². The maximum atomic E-state index is 14.1. The van der Waals surface area contributed by atoms with Crippen molar-refractivity contribution in [2.45, 2.75) is 76.3 Å². The van der Waals surface area contributed by atoms with Crippen LogP contribution in [0.2, 0.25) is 0 Å². The zero-order chi connectivity index (χ0) is 45.6. The van der Waals surface area contributed by atoms with Crippen molar-refractivity contribution in [2.75, 3.05) is 39.4 Å². The highest BCUT2D eigenvalue weighted by Crippen LogP contribution is 2.51. The number of anilines is 1. The average Bonchev–Trinajstić information content (AvgIpc) is 3.64. The number of terminal acetylenes is 1. The van der Waals surface area contributed by atoms with Crippen molar-refractivity contribution >= 4 is 20.3 Å². The average molecular weight is 888 g/mol. The Bertz CT molecular complexity index is 2350. The van der Waals surface area contributed by atoms with E-state index >= 15 is 0 Å². The van der Waals surface area contributed by atoms with E-state index in [-0.39, 0.29) is 44.1 Å². The van der Waals surface area contributed by atoms with Gasteiger partial charge in [0.05, 0.1) is 39.9 Å². The van der Waals surface area contributed by atoms with E-state index in [2.05, 4.69) is 27.0 Å². The number of benzene rings is 4. The topological polar surface area (TPSA) is 156 Å². The lowest BCUT2D eigenvalue weighted by Gasteiger charge is -2.38. The number of carbonyl (C=O) groups excluding carboxylic acids is 1. The second kappa shape index (κ2) is 22.6. The summed E-state index contributed by atoms with van der Waals surface area (Å²) >= 11 is 0. The van der Waals surface area contributed by atoms with Gasteiger partial charge < -0.3 is 38.0 Å². The molecule has 1 saturated heterocycles. The fourth-order valence-corrected chi connectivity index (χ4v) is 9.40. The SMILES string of the molecule is C#CCO[C@H]1[C@@H](OP(OCCC#N)N(C(C)C)C(C)C)[C@H](n2ccc(NC(=O)c3ccccc3)nc2=O)O[C@@H]1COC(c1ccccc1)(c1ccc(OC)cc1)c1ccc(OC)cc1. The van der Waals surface area contributed by atoms with Crippen molar-refractivity contribution in [2.24, 2.45) is 0 Å². The molecule has 0 saturated carbocycles. The molecule has 1 unspecified atom stereocenters. The summed E-state index contributed by atoms with van der Waals surface area (Å²) in [7, 11) is 1.33. The van der Waals surface area contributed by atoms with Crippen LogP contribution in [0.5, 0.6) is 11.5 Å². The molecule has 2 heterocycles. The van der Waals surface area contributed by atoms with Gasteiger partial charge in [-0.3, -0.25) is 9.36 Å². The first-order valence-electron chi connectivity index (χ1n) is 20.9. The Kier molecular flexibility index (Phi) is 16.8. The molecule has 1 aliphatic rings. The molecule has 14 nitrogen and oxygen atoms in total. The second-order valence-electron chi connectivity index (χ2n) is 15.3. The molecule has 334 valence electrons. The van der Waals surface area contributed by atoms with Crippen LogP contribution >= 0.6 is 8.53 Å². The first-order valence-corrected chi connectivity index (χ1v) is 22.1. The normalized spacial score (nSPS) is 17.8. The van der Waals surface area contributed by atoms with E-state index in [0.717, 1.165) is 16.7 Å². The van der Waals surface area contributed by atoms with Gasteiger partial charge in [-0.25, -0.2) is 9.46 Å². The number of rotatable bonds is 21. The van der Waals surface area contributed by atoms with Gasteiger partial charge in [0.25, 0.3) is 14.4 Å². The zero-order valence-electron chi connectivity index (χ0n) is 36.8. The molecule has 1 amide bonds. The van der Waals surface area contributed by atoms with Crippen LogP contribution in [0.15, 0.2) is 126 Å². The second-order valence-corrected chi connectivity index (χ2v) is 16.7. The molecule has 5 atom stereocenters. The molecule has 1 fully saturated rings. The van der Waals surface area contributed by atoms with E-state index in [0.29, 0.717) is 17.1 Å². The molecule has 6 rings (SSSR count). The fraction of sp³-hybridized carbons (Fsp3) is 0.347. The Labute approximate surface area is 376 Å². The highest BCUT2D eigenvalue weighted by molar-refractivity contribution is 7.44. The van der Waals surface area contributed by atoms with E-state index in [1.807, 2.05) is 107 Å². The number of methoxy groups -OCH3 is 2. The van der Waals surface area contributed by atoms with Crippen LogP contribution in [0.3, 0.4) is 0 Å². The van der Waals surface area contributed by atoms with Gasteiger partial charge in [-0.15, -0.1) is 6.42 Å². The number of nitrogens with one attached hydrogen (secondary N) is 1. The van der Waals surface area contributed by atoms with Crippen molar-refractivity contribution < 1.29 is 37.5 Å². The van der Waals surface area contributed by atoms with Gasteiger partial charge in [-0.05, 0) is 86.8 Å². The van der Waals surface area contributed by atoms with E-state index in [9.17, 15) is 14.9 Å². The molecule has 4 aromatic carbocycles. The standard InChI is InChI=1S/C49H54N5O9P/c1-8-31-59-44-42(33-60-49(37-18-13-10-14-19-37,38-20-24-40(57-6)25-21-38)39-22-26-41(58-7)27-23-39)62-47(45(44)63-64(61-32-15-29-50)54(34(2)3)35(4)5)53-30-28-43(52-48(53)56)51-46(55)36-16-11-9-12-17-36/h1,9-14,16-28,30,34-35,42,44-45,47H,15,31-33H2,2-7H3,(H,51,52,55,56)/t42-,44-,45-,47-,64?/m1/s1.